The van der Waals surface area contributed by atoms with Crippen molar-refractivity contribution in [1.29, 1.82) is 0 Å². The van der Waals surface area contributed by atoms with Crippen molar-refractivity contribution in [3.05, 3.63) is 16.0 Å². The van der Waals surface area contributed by atoms with Crippen molar-refractivity contribution in [3.8, 4) is 0 Å². The minimum Gasteiger partial charge on any atom is -0.370 e. The topological polar surface area (TPSA) is 105 Å². The Balaban J connectivity index is 1.44. The highest BCUT2D eigenvalue weighted by atomic mass is 32.1. The van der Waals surface area contributed by atoms with Crippen LogP contribution in [-0.2, 0) is 22.6 Å². The molecule has 1 saturated heterocycles. The van der Waals surface area contributed by atoms with Gasteiger partial charge in [0.15, 0.2) is 0 Å². The molecule has 2 fully saturated rings. The Labute approximate surface area is 168 Å². The molecule has 0 bridgehead atoms. The van der Waals surface area contributed by atoms with Crippen molar-refractivity contribution in [2.75, 3.05) is 31.5 Å². The predicted molar refractivity (Wildman–Crippen MR) is 105 cm³/mol. The third kappa shape index (κ3) is 3.73. The minimum atomic E-state index is -0.537. The monoisotopic (exact) mass is 406 g/mol. The molecule has 3 aliphatic rings. The summed E-state index contributed by atoms with van der Waals surface area (Å²) in [6, 6.07) is -0.264. The van der Waals surface area contributed by atoms with Gasteiger partial charge in [-0.1, -0.05) is 0 Å². The largest absolute Gasteiger partial charge is 0.370 e. The van der Waals surface area contributed by atoms with Gasteiger partial charge in [0.25, 0.3) is 5.91 Å². The summed E-state index contributed by atoms with van der Waals surface area (Å²) < 4.78 is 5.82. The van der Waals surface area contributed by atoms with E-state index >= 15 is 0 Å². The lowest BCUT2D eigenvalue weighted by atomic mass is 9.93. The molecule has 4 amide bonds. The van der Waals surface area contributed by atoms with Gasteiger partial charge in [-0.15, -0.1) is 11.3 Å². The second-order valence-electron chi connectivity index (χ2n) is 8.31. The first-order valence-electron chi connectivity index (χ1n) is 9.68. The molecule has 1 aromatic rings. The molecule has 1 aromatic heterocycles. The summed E-state index contributed by atoms with van der Waals surface area (Å²) in [5.41, 5.74) is 6.53. The quantitative estimate of drug-likeness (QED) is 0.798. The summed E-state index contributed by atoms with van der Waals surface area (Å²) in [6.07, 6.45) is 2.55. The number of urea groups is 1. The van der Waals surface area contributed by atoms with Crippen LogP contribution in [0.25, 0.3) is 0 Å². The van der Waals surface area contributed by atoms with Crippen LogP contribution in [0.2, 0.25) is 0 Å². The summed E-state index contributed by atoms with van der Waals surface area (Å²) in [5, 5.41) is 3.36. The molecule has 2 aliphatic heterocycles. The van der Waals surface area contributed by atoms with Crippen molar-refractivity contribution < 1.29 is 19.1 Å². The van der Waals surface area contributed by atoms with Gasteiger partial charge in [0.2, 0.25) is 5.91 Å². The molecule has 0 atom stereocenters. The summed E-state index contributed by atoms with van der Waals surface area (Å²) in [4.78, 5) is 41.4. The van der Waals surface area contributed by atoms with E-state index in [1.807, 2.05) is 18.7 Å². The molecule has 3 N–H and O–H groups in total. The van der Waals surface area contributed by atoms with E-state index in [1.165, 1.54) is 11.3 Å². The van der Waals surface area contributed by atoms with Crippen LogP contribution in [-0.4, -0.2) is 59.4 Å². The van der Waals surface area contributed by atoms with Gasteiger partial charge in [-0.25, -0.2) is 4.79 Å². The number of carbonyl (C=O) groups excluding carboxylic acids is 3. The van der Waals surface area contributed by atoms with Gasteiger partial charge < -0.3 is 20.3 Å². The minimum absolute atomic E-state index is 0.197. The maximum Gasteiger partial charge on any atom is 0.322 e. The molecule has 1 aliphatic carbocycles. The molecule has 3 heterocycles. The van der Waals surface area contributed by atoms with E-state index in [0.29, 0.717) is 49.8 Å². The highest BCUT2D eigenvalue weighted by molar-refractivity contribution is 7.17. The number of thiophene rings is 1. The Morgan fingerprint density at radius 3 is 2.39 bits per heavy atom. The summed E-state index contributed by atoms with van der Waals surface area (Å²) in [7, 11) is 0. The van der Waals surface area contributed by atoms with Crippen LogP contribution in [0, 0.1) is 5.92 Å². The van der Waals surface area contributed by atoms with E-state index in [4.69, 9.17) is 10.5 Å². The number of piperazine rings is 1. The van der Waals surface area contributed by atoms with E-state index in [0.717, 1.165) is 23.3 Å². The SMILES string of the molecule is CC1(C)Cc2c(sc(NC(=O)N3CCN(C(=O)C4CC4)CC3)c2C(N)=O)CO1. The van der Waals surface area contributed by atoms with E-state index in [-0.39, 0.29) is 23.5 Å². The molecule has 9 heteroatoms. The smallest absolute Gasteiger partial charge is 0.322 e. The fourth-order valence-electron chi connectivity index (χ4n) is 3.80. The molecule has 8 nitrogen and oxygen atoms in total. The number of amides is 4. The number of nitrogens with one attached hydrogen (secondary N) is 1. The Morgan fingerprint density at radius 1 is 1.14 bits per heavy atom. The van der Waals surface area contributed by atoms with Crippen LogP contribution < -0.4 is 11.1 Å². The predicted octanol–water partition coefficient (Wildman–Crippen LogP) is 1.78. The maximum absolute atomic E-state index is 12.7. The highest BCUT2D eigenvalue weighted by Gasteiger charge is 2.36. The fourth-order valence-corrected chi connectivity index (χ4v) is 4.92. The zero-order chi connectivity index (χ0) is 20.1. The number of nitrogens with zero attached hydrogens (tertiary/aromatic N) is 2. The molecular formula is C19H26N4O4S. The second kappa shape index (κ2) is 7.04. The van der Waals surface area contributed by atoms with E-state index in [9.17, 15) is 14.4 Å². The van der Waals surface area contributed by atoms with Crippen molar-refractivity contribution in [3.63, 3.8) is 0 Å². The average Bonchev–Trinajstić information content (AvgIpc) is 3.42. The van der Waals surface area contributed by atoms with Gasteiger partial charge in [-0.05, 0) is 32.3 Å². The van der Waals surface area contributed by atoms with Gasteiger partial charge in [0, 0.05) is 43.4 Å². The van der Waals surface area contributed by atoms with E-state index in [1.54, 1.807) is 4.90 Å². The number of hydrogen-bond donors (Lipinski definition) is 2. The highest BCUT2D eigenvalue weighted by Crippen LogP contribution is 2.40. The number of anilines is 1. The summed E-state index contributed by atoms with van der Waals surface area (Å²) in [5.74, 6) is -0.127. The van der Waals surface area contributed by atoms with Gasteiger partial charge >= 0.3 is 6.03 Å². The normalized spacial score (nSPS) is 21.2. The Morgan fingerprint density at radius 2 is 1.79 bits per heavy atom. The molecule has 0 spiro atoms. The molecular weight excluding hydrogens is 380 g/mol. The maximum atomic E-state index is 12.7. The number of nitrogens with two attached hydrogens (primary N) is 1. The lowest BCUT2D eigenvalue weighted by Gasteiger charge is -2.34. The van der Waals surface area contributed by atoms with Crippen LogP contribution in [0.4, 0.5) is 9.80 Å². The number of fused-ring (bicyclic) bond motifs is 1. The fraction of sp³-hybridized carbons (Fsp3) is 0.632. The zero-order valence-electron chi connectivity index (χ0n) is 16.2. The first kappa shape index (κ1) is 19.2. The third-order valence-corrected chi connectivity index (χ3v) is 6.68. The van der Waals surface area contributed by atoms with Crippen LogP contribution >= 0.6 is 11.3 Å². The van der Waals surface area contributed by atoms with Crippen molar-refractivity contribution in [2.45, 2.75) is 45.3 Å². The van der Waals surface area contributed by atoms with Crippen LogP contribution in [0.3, 0.4) is 0 Å². The van der Waals surface area contributed by atoms with Crippen LogP contribution in [0.5, 0.6) is 0 Å². The van der Waals surface area contributed by atoms with Crippen LogP contribution in [0.15, 0.2) is 0 Å². The summed E-state index contributed by atoms with van der Waals surface area (Å²) in [6.45, 7) is 6.42. The Kier molecular flexibility index (Phi) is 4.83. The average molecular weight is 407 g/mol. The number of hydrogen-bond acceptors (Lipinski definition) is 5. The van der Waals surface area contributed by atoms with Gasteiger partial charge in [0.1, 0.15) is 5.00 Å². The number of primary amides is 1. The standard InChI is InChI=1S/C19H26N4O4S/c1-19(2)9-12-13(10-27-19)28-16(14(12)15(20)24)21-18(26)23-7-5-22(6-8-23)17(25)11-3-4-11/h11H,3-10H2,1-2H3,(H2,20,24)(H,21,26). The van der Waals surface area contributed by atoms with E-state index in [2.05, 4.69) is 5.32 Å². The van der Waals surface area contributed by atoms with Crippen molar-refractivity contribution in [2.24, 2.45) is 11.7 Å². The Bertz CT molecular complexity index is 822. The van der Waals surface area contributed by atoms with E-state index < -0.39 is 5.91 Å². The summed E-state index contributed by atoms with van der Waals surface area (Å²) >= 11 is 1.35. The van der Waals surface area contributed by atoms with Gasteiger partial charge in [-0.3, -0.25) is 14.9 Å². The molecule has 0 unspecified atom stereocenters. The second-order valence-corrected chi connectivity index (χ2v) is 9.42. The first-order valence-corrected chi connectivity index (χ1v) is 10.5. The number of ether oxygens (including phenoxy) is 1. The van der Waals surface area contributed by atoms with Gasteiger partial charge in [-0.2, -0.15) is 0 Å². The lowest BCUT2D eigenvalue weighted by molar-refractivity contribution is -0.133. The van der Waals surface area contributed by atoms with Crippen LogP contribution in [0.1, 0.15) is 47.5 Å². The first-order chi connectivity index (χ1) is 13.2. The van der Waals surface area contributed by atoms with Gasteiger partial charge in [0.05, 0.1) is 17.8 Å². The molecule has 0 radical (unpaired) electrons. The molecule has 152 valence electrons. The Hall–Kier alpha value is -2.13. The molecule has 1 saturated carbocycles. The molecule has 28 heavy (non-hydrogen) atoms. The van der Waals surface area contributed by atoms with Crippen molar-refractivity contribution >= 4 is 34.2 Å². The third-order valence-electron chi connectivity index (χ3n) is 5.56. The molecule has 4 rings (SSSR count). The zero-order valence-corrected chi connectivity index (χ0v) is 17.1. The molecule has 0 aromatic carbocycles. The number of rotatable bonds is 3. The lowest BCUT2D eigenvalue weighted by Crippen LogP contribution is -2.52. The number of carbonyl (C=O) groups is 3. The van der Waals surface area contributed by atoms with Crippen molar-refractivity contribution in [1.82, 2.24) is 9.80 Å².